The summed E-state index contributed by atoms with van der Waals surface area (Å²) in [6.07, 6.45) is -2.27. The number of anilines is 1. The molecule has 0 fully saturated rings. The van der Waals surface area contributed by atoms with Crippen molar-refractivity contribution in [3.63, 3.8) is 0 Å². The van der Waals surface area contributed by atoms with Gasteiger partial charge in [0.2, 0.25) is 5.91 Å². The number of hydrogen-bond donors (Lipinski definition) is 5. The summed E-state index contributed by atoms with van der Waals surface area (Å²) in [5.41, 5.74) is 6.96. The largest absolute Gasteiger partial charge is 0.398 e. The number of aliphatic hydroxyl groups is 3. The number of amides is 1. The summed E-state index contributed by atoms with van der Waals surface area (Å²) in [6, 6.07) is 4.64. The van der Waals surface area contributed by atoms with Gasteiger partial charge in [0.1, 0.15) is 12.2 Å². The van der Waals surface area contributed by atoms with Gasteiger partial charge in [-0.05, 0) is 17.7 Å². The van der Waals surface area contributed by atoms with Gasteiger partial charge in [0.25, 0.3) is 0 Å². The van der Waals surface area contributed by atoms with E-state index in [9.17, 15) is 15.0 Å². The van der Waals surface area contributed by atoms with Crippen molar-refractivity contribution in [1.29, 1.82) is 0 Å². The number of carbonyl (C=O) groups is 1. The molecule has 18 heavy (non-hydrogen) atoms. The molecule has 6 N–H and O–H groups in total. The van der Waals surface area contributed by atoms with Crippen LogP contribution >= 0.6 is 0 Å². The van der Waals surface area contributed by atoms with Crippen LogP contribution in [0.2, 0.25) is 0 Å². The number of aliphatic hydroxyl groups excluding tert-OH is 3. The van der Waals surface area contributed by atoms with Crippen LogP contribution in [0, 0.1) is 0 Å². The van der Waals surface area contributed by atoms with Gasteiger partial charge in [-0.25, -0.2) is 0 Å². The van der Waals surface area contributed by atoms with Gasteiger partial charge in [-0.3, -0.25) is 4.79 Å². The maximum atomic E-state index is 10.7. The number of hydrogen-bond acceptors (Lipinski definition) is 5. The van der Waals surface area contributed by atoms with E-state index in [0.717, 1.165) is 0 Å². The molecule has 0 heterocycles. The summed E-state index contributed by atoms with van der Waals surface area (Å²) in [5, 5.41) is 31.1. The van der Waals surface area contributed by atoms with Crippen LogP contribution in [-0.2, 0) is 11.4 Å². The number of carbonyl (C=O) groups excluding carboxylic acids is 1. The first-order chi connectivity index (χ1) is 8.45. The molecule has 0 saturated carbocycles. The number of rotatable bonds is 5. The number of nitrogen functional groups attached to an aromatic ring is 1. The van der Waals surface area contributed by atoms with E-state index in [2.05, 4.69) is 5.32 Å². The van der Waals surface area contributed by atoms with E-state index >= 15 is 0 Å². The zero-order valence-corrected chi connectivity index (χ0v) is 10.1. The maximum absolute atomic E-state index is 10.7. The Hall–Kier alpha value is -1.63. The molecule has 2 unspecified atom stereocenters. The standard InChI is InChI=1S/C12H18N2O4/c1-7(16)14-5-11(17)12(18)8-2-3-10(13)9(4-8)6-15/h2-4,11-12,15,17-18H,5-6,13H2,1H3,(H,14,16). The van der Waals surface area contributed by atoms with Gasteiger partial charge in [0.05, 0.1) is 6.61 Å². The summed E-state index contributed by atoms with van der Waals surface area (Å²) in [4.78, 5) is 10.7. The van der Waals surface area contributed by atoms with Gasteiger partial charge in [0, 0.05) is 24.7 Å². The minimum atomic E-state index is -1.15. The van der Waals surface area contributed by atoms with Gasteiger partial charge in [-0.2, -0.15) is 0 Å². The van der Waals surface area contributed by atoms with E-state index in [1.165, 1.54) is 13.0 Å². The Morgan fingerprint density at radius 2 is 2.11 bits per heavy atom. The second kappa shape index (κ2) is 6.34. The lowest BCUT2D eigenvalue weighted by Gasteiger charge is -2.19. The van der Waals surface area contributed by atoms with Gasteiger partial charge >= 0.3 is 0 Å². The lowest BCUT2D eigenvalue weighted by molar-refractivity contribution is -0.119. The molecule has 0 aliphatic carbocycles. The number of nitrogens with one attached hydrogen (secondary N) is 1. The molecule has 1 aromatic rings. The molecular weight excluding hydrogens is 236 g/mol. The quantitative estimate of drug-likeness (QED) is 0.445. The minimum Gasteiger partial charge on any atom is -0.398 e. The second-order valence-electron chi connectivity index (χ2n) is 4.07. The first kappa shape index (κ1) is 14.4. The maximum Gasteiger partial charge on any atom is 0.216 e. The highest BCUT2D eigenvalue weighted by Crippen LogP contribution is 2.21. The summed E-state index contributed by atoms with van der Waals surface area (Å²) in [5.74, 6) is -0.283. The summed E-state index contributed by atoms with van der Waals surface area (Å²) >= 11 is 0. The smallest absolute Gasteiger partial charge is 0.216 e. The highest BCUT2D eigenvalue weighted by atomic mass is 16.3. The molecule has 0 radical (unpaired) electrons. The molecule has 0 bridgehead atoms. The van der Waals surface area contributed by atoms with Crippen LogP contribution in [-0.4, -0.2) is 33.9 Å². The van der Waals surface area contributed by atoms with Crippen LogP contribution in [0.25, 0.3) is 0 Å². The predicted octanol–water partition coefficient (Wildman–Crippen LogP) is -0.709. The Bertz CT molecular complexity index is 423. The summed E-state index contributed by atoms with van der Waals surface area (Å²) < 4.78 is 0. The first-order valence-electron chi connectivity index (χ1n) is 5.55. The highest BCUT2D eigenvalue weighted by molar-refractivity contribution is 5.72. The minimum absolute atomic E-state index is 0.0463. The van der Waals surface area contributed by atoms with Crippen molar-refractivity contribution in [2.45, 2.75) is 25.7 Å². The molecular formula is C12H18N2O4. The molecule has 0 aliphatic heterocycles. The molecule has 6 heteroatoms. The topological polar surface area (TPSA) is 116 Å². The molecule has 0 saturated heterocycles. The molecule has 0 spiro atoms. The average Bonchev–Trinajstić information content (AvgIpc) is 2.35. The zero-order chi connectivity index (χ0) is 13.7. The van der Waals surface area contributed by atoms with E-state index in [4.69, 9.17) is 10.8 Å². The van der Waals surface area contributed by atoms with E-state index in [0.29, 0.717) is 16.8 Å². The SMILES string of the molecule is CC(=O)NCC(O)C(O)c1ccc(N)c(CO)c1. The predicted molar refractivity (Wildman–Crippen MR) is 66.4 cm³/mol. The van der Waals surface area contributed by atoms with Crippen molar-refractivity contribution in [3.8, 4) is 0 Å². The van der Waals surface area contributed by atoms with Crippen LogP contribution in [0.5, 0.6) is 0 Å². The van der Waals surface area contributed by atoms with Crippen LogP contribution in [0.1, 0.15) is 24.2 Å². The van der Waals surface area contributed by atoms with Crippen molar-refractivity contribution in [3.05, 3.63) is 29.3 Å². The number of nitrogens with two attached hydrogens (primary N) is 1. The molecule has 100 valence electrons. The average molecular weight is 254 g/mol. The van der Waals surface area contributed by atoms with Crippen molar-refractivity contribution in [1.82, 2.24) is 5.32 Å². The third-order valence-electron chi connectivity index (χ3n) is 2.60. The van der Waals surface area contributed by atoms with Gasteiger partial charge in [0.15, 0.2) is 0 Å². The van der Waals surface area contributed by atoms with Crippen LogP contribution in [0.4, 0.5) is 5.69 Å². The molecule has 2 atom stereocenters. The molecule has 0 aromatic heterocycles. The van der Waals surface area contributed by atoms with Crippen LogP contribution in [0.15, 0.2) is 18.2 Å². The second-order valence-corrected chi connectivity index (χ2v) is 4.07. The molecule has 1 rings (SSSR count). The molecule has 1 amide bonds. The van der Waals surface area contributed by atoms with Crippen molar-refractivity contribution in [2.75, 3.05) is 12.3 Å². The van der Waals surface area contributed by atoms with E-state index in [-0.39, 0.29) is 19.1 Å². The van der Waals surface area contributed by atoms with E-state index in [1.807, 2.05) is 0 Å². The molecule has 6 nitrogen and oxygen atoms in total. The van der Waals surface area contributed by atoms with Crippen LogP contribution < -0.4 is 11.1 Å². The fraction of sp³-hybridized carbons (Fsp3) is 0.417. The third kappa shape index (κ3) is 3.69. The van der Waals surface area contributed by atoms with Gasteiger partial charge in [-0.15, -0.1) is 0 Å². The monoisotopic (exact) mass is 254 g/mol. The number of benzene rings is 1. The third-order valence-corrected chi connectivity index (χ3v) is 2.60. The Morgan fingerprint density at radius 1 is 1.44 bits per heavy atom. The van der Waals surface area contributed by atoms with Gasteiger partial charge in [-0.1, -0.05) is 6.07 Å². The first-order valence-corrected chi connectivity index (χ1v) is 5.55. The normalized spacial score (nSPS) is 14.0. The highest BCUT2D eigenvalue weighted by Gasteiger charge is 2.19. The Balaban J connectivity index is 2.76. The fourth-order valence-corrected chi connectivity index (χ4v) is 1.53. The lowest BCUT2D eigenvalue weighted by Crippen LogP contribution is -2.34. The fourth-order valence-electron chi connectivity index (χ4n) is 1.53. The molecule has 1 aromatic carbocycles. The van der Waals surface area contributed by atoms with Crippen molar-refractivity contribution < 1.29 is 20.1 Å². The van der Waals surface area contributed by atoms with Crippen molar-refractivity contribution in [2.24, 2.45) is 0 Å². The van der Waals surface area contributed by atoms with Crippen molar-refractivity contribution >= 4 is 11.6 Å². The Morgan fingerprint density at radius 3 is 2.67 bits per heavy atom. The zero-order valence-electron chi connectivity index (χ0n) is 10.1. The van der Waals surface area contributed by atoms with Crippen LogP contribution in [0.3, 0.4) is 0 Å². The van der Waals surface area contributed by atoms with E-state index in [1.54, 1.807) is 12.1 Å². The Labute approximate surface area is 105 Å². The van der Waals surface area contributed by atoms with E-state index < -0.39 is 12.2 Å². The summed E-state index contributed by atoms with van der Waals surface area (Å²) in [6.45, 7) is 1.04. The van der Waals surface area contributed by atoms with Gasteiger partial charge < -0.3 is 26.4 Å². The Kier molecular flexibility index (Phi) is 5.08. The lowest BCUT2D eigenvalue weighted by atomic mass is 10.0. The summed E-state index contributed by atoms with van der Waals surface area (Å²) in [7, 11) is 0. The molecule has 0 aliphatic rings.